The highest BCUT2D eigenvalue weighted by molar-refractivity contribution is 9.10. The van der Waals surface area contributed by atoms with Gasteiger partial charge in [0.05, 0.1) is 25.6 Å². The van der Waals surface area contributed by atoms with Crippen molar-refractivity contribution >= 4 is 45.2 Å². The van der Waals surface area contributed by atoms with Crippen molar-refractivity contribution in [2.24, 2.45) is 0 Å². The number of ether oxygens (including phenoxy) is 2. The molecule has 3 rings (SSSR count). The second kappa shape index (κ2) is 10.4. The van der Waals surface area contributed by atoms with E-state index in [1.165, 1.54) is 20.3 Å². The summed E-state index contributed by atoms with van der Waals surface area (Å²) in [6.45, 7) is 0. The van der Waals surface area contributed by atoms with Gasteiger partial charge in [-0.1, -0.05) is 52.3 Å². The Hall–Kier alpha value is -3.58. The molecule has 0 aliphatic heterocycles. The van der Waals surface area contributed by atoms with Crippen LogP contribution in [0.1, 0.15) is 5.56 Å². The molecule has 0 saturated heterocycles. The fourth-order valence-corrected chi connectivity index (χ4v) is 3.29. The van der Waals surface area contributed by atoms with Crippen LogP contribution >= 0.6 is 15.9 Å². The lowest BCUT2D eigenvalue weighted by molar-refractivity contribution is -0.118. The molecule has 2 amide bonds. The van der Waals surface area contributed by atoms with Gasteiger partial charge in [-0.25, -0.2) is 0 Å². The first kappa shape index (κ1) is 22.1. The Bertz CT molecular complexity index is 1060. The minimum absolute atomic E-state index is 0.0742. The molecular formula is C24H21BrN2O4. The van der Waals surface area contributed by atoms with E-state index in [0.717, 1.165) is 4.47 Å². The van der Waals surface area contributed by atoms with Gasteiger partial charge < -0.3 is 20.1 Å². The summed E-state index contributed by atoms with van der Waals surface area (Å²) in [6.07, 6.45) is 1.53. The predicted octanol–water partition coefficient (Wildman–Crippen LogP) is 5.13. The molecule has 0 unspecified atom stereocenters. The predicted molar refractivity (Wildman–Crippen MR) is 125 cm³/mol. The van der Waals surface area contributed by atoms with E-state index in [-0.39, 0.29) is 5.57 Å². The molecule has 0 bridgehead atoms. The van der Waals surface area contributed by atoms with E-state index in [0.29, 0.717) is 28.4 Å². The van der Waals surface area contributed by atoms with Crippen molar-refractivity contribution in [3.05, 3.63) is 88.4 Å². The van der Waals surface area contributed by atoms with Gasteiger partial charge in [0.1, 0.15) is 17.1 Å². The molecule has 0 atom stereocenters. The van der Waals surface area contributed by atoms with E-state index < -0.39 is 11.8 Å². The van der Waals surface area contributed by atoms with Crippen LogP contribution in [0, 0.1) is 0 Å². The van der Waals surface area contributed by atoms with Gasteiger partial charge in [0.15, 0.2) is 0 Å². The first-order valence-electron chi connectivity index (χ1n) is 9.38. The molecule has 6 nitrogen and oxygen atoms in total. The van der Waals surface area contributed by atoms with Crippen LogP contribution in [0.25, 0.3) is 6.08 Å². The number of anilines is 2. The Morgan fingerprint density at radius 2 is 1.29 bits per heavy atom. The van der Waals surface area contributed by atoms with E-state index in [2.05, 4.69) is 26.6 Å². The molecule has 3 aromatic rings. The molecule has 0 saturated carbocycles. The molecule has 0 spiro atoms. The van der Waals surface area contributed by atoms with Crippen molar-refractivity contribution in [2.75, 3.05) is 24.9 Å². The van der Waals surface area contributed by atoms with Crippen LogP contribution in [0.15, 0.2) is 82.8 Å². The maximum absolute atomic E-state index is 13.1. The molecule has 0 aromatic heterocycles. The number of hydrogen-bond acceptors (Lipinski definition) is 4. The SMILES string of the molecule is COc1ccccc1NC(=O)C(=Cc1cccc(Br)c1)C(=O)Nc1ccccc1OC. The highest BCUT2D eigenvalue weighted by atomic mass is 79.9. The zero-order valence-electron chi connectivity index (χ0n) is 17.0. The lowest BCUT2D eigenvalue weighted by atomic mass is 10.1. The van der Waals surface area contributed by atoms with Gasteiger partial charge in [-0.15, -0.1) is 0 Å². The van der Waals surface area contributed by atoms with E-state index in [4.69, 9.17) is 9.47 Å². The number of hydrogen-bond donors (Lipinski definition) is 2. The Kier molecular flexibility index (Phi) is 7.45. The average Bonchev–Trinajstić information content (AvgIpc) is 2.78. The normalized spacial score (nSPS) is 10.0. The van der Waals surface area contributed by atoms with Gasteiger partial charge in [0.25, 0.3) is 11.8 Å². The van der Waals surface area contributed by atoms with Crippen LogP contribution < -0.4 is 20.1 Å². The number of rotatable bonds is 7. The molecule has 3 aromatic carbocycles. The fourth-order valence-electron chi connectivity index (χ4n) is 2.87. The number of halogens is 1. The molecule has 0 aliphatic carbocycles. The smallest absolute Gasteiger partial charge is 0.261 e. The number of carbonyl (C=O) groups excluding carboxylic acids is 2. The summed E-state index contributed by atoms with van der Waals surface area (Å²) in [6, 6.07) is 21.3. The third-order valence-electron chi connectivity index (χ3n) is 4.36. The first-order valence-corrected chi connectivity index (χ1v) is 10.2. The van der Waals surface area contributed by atoms with Crippen molar-refractivity contribution in [1.29, 1.82) is 0 Å². The molecule has 158 valence electrons. The highest BCUT2D eigenvalue weighted by Crippen LogP contribution is 2.26. The summed E-state index contributed by atoms with van der Waals surface area (Å²) in [5, 5.41) is 5.51. The maximum atomic E-state index is 13.1. The molecule has 0 aliphatic rings. The van der Waals surface area contributed by atoms with Crippen LogP contribution in [0.3, 0.4) is 0 Å². The Morgan fingerprint density at radius 1 is 0.774 bits per heavy atom. The molecule has 2 N–H and O–H groups in total. The molecule has 31 heavy (non-hydrogen) atoms. The summed E-state index contributed by atoms with van der Waals surface area (Å²) >= 11 is 3.41. The average molecular weight is 481 g/mol. The van der Waals surface area contributed by atoms with Gasteiger partial charge in [0, 0.05) is 4.47 Å². The molecule has 7 heteroatoms. The molecule has 0 heterocycles. The van der Waals surface area contributed by atoms with E-state index in [1.807, 2.05) is 18.2 Å². The van der Waals surface area contributed by atoms with Crippen LogP contribution in [0.4, 0.5) is 11.4 Å². The van der Waals surface area contributed by atoms with Crippen molar-refractivity contribution < 1.29 is 19.1 Å². The quantitative estimate of drug-likeness (QED) is 0.279. The summed E-state index contributed by atoms with van der Waals surface area (Å²) in [4.78, 5) is 26.2. The number of methoxy groups -OCH3 is 2. The molecular weight excluding hydrogens is 460 g/mol. The van der Waals surface area contributed by atoms with Gasteiger partial charge in [-0.05, 0) is 48.0 Å². The largest absolute Gasteiger partial charge is 0.495 e. The van der Waals surface area contributed by atoms with E-state index >= 15 is 0 Å². The lowest BCUT2D eigenvalue weighted by Gasteiger charge is -2.14. The van der Waals surface area contributed by atoms with Crippen LogP contribution in [-0.4, -0.2) is 26.0 Å². The summed E-state index contributed by atoms with van der Waals surface area (Å²) in [5.74, 6) is -0.167. The number of amides is 2. The number of carbonyl (C=O) groups is 2. The minimum atomic E-state index is -0.572. The number of benzene rings is 3. The van der Waals surface area contributed by atoms with Gasteiger partial charge in [0.2, 0.25) is 0 Å². The third kappa shape index (κ3) is 5.73. The van der Waals surface area contributed by atoms with Crippen molar-refractivity contribution in [3.8, 4) is 11.5 Å². The van der Waals surface area contributed by atoms with E-state index in [1.54, 1.807) is 54.6 Å². The summed E-state index contributed by atoms with van der Waals surface area (Å²) in [5.41, 5.74) is 1.53. The number of nitrogens with one attached hydrogen (secondary N) is 2. The van der Waals surface area contributed by atoms with Gasteiger partial charge in [-0.3, -0.25) is 9.59 Å². The zero-order valence-corrected chi connectivity index (χ0v) is 18.6. The number of para-hydroxylation sites is 4. The Balaban J connectivity index is 1.96. The van der Waals surface area contributed by atoms with Crippen LogP contribution in [0.5, 0.6) is 11.5 Å². The lowest BCUT2D eigenvalue weighted by Crippen LogP contribution is -2.25. The Morgan fingerprint density at radius 3 is 1.77 bits per heavy atom. The minimum Gasteiger partial charge on any atom is -0.495 e. The van der Waals surface area contributed by atoms with Crippen molar-refractivity contribution in [1.82, 2.24) is 0 Å². The van der Waals surface area contributed by atoms with Crippen LogP contribution in [0.2, 0.25) is 0 Å². The first-order chi connectivity index (χ1) is 15.0. The molecule has 0 fully saturated rings. The fraction of sp³-hybridized carbons (Fsp3) is 0.0833. The summed E-state index contributed by atoms with van der Waals surface area (Å²) in [7, 11) is 3.02. The van der Waals surface area contributed by atoms with Crippen molar-refractivity contribution in [2.45, 2.75) is 0 Å². The summed E-state index contributed by atoms with van der Waals surface area (Å²) < 4.78 is 11.4. The second-order valence-electron chi connectivity index (χ2n) is 6.42. The van der Waals surface area contributed by atoms with Crippen LogP contribution in [-0.2, 0) is 9.59 Å². The van der Waals surface area contributed by atoms with Gasteiger partial charge in [-0.2, -0.15) is 0 Å². The topological polar surface area (TPSA) is 76.7 Å². The second-order valence-corrected chi connectivity index (χ2v) is 7.34. The van der Waals surface area contributed by atoms with Gasteiger partial charge >= 0.3 is 0 Å². The maximum Gasteiger partial charge on any atom is 0.261 e. The standard InChI is InChI=1S/C24H21BrN2O4/c1-30-21-12-5-3-10-19(21)26-23(28)18(15-16-8-7-9-17(25)14-16)24(29)27-20-11-4-6-13-22(20)31-2/h3-15H,1-2H3,(H,26,28)(H,27,29). The highest BCUT2D eigenvalue weighted by Gasteiger charge is 2.21. The monoisotopic (exact) mass is 480 g/mol. The zero-order chi connectivity index (χ0) is 22.2. The van der Waals surface area contributed by atoms with E-state index in [9.17, 15) is 9.59 Å². The Labute approximate surface area is 189 Å². The molecule has 0 radical (unpaired) electrons. The third-order valence-corrected chi connectivity index (χ3v) is 4.85. The van der Waals surface area contributed by atoms with Crippen molar-refractivity contribution in [3.63, 3.8) is 0 Å².